The van der Waals surface area contributed by atoms with Crippen LogP contribution in [0.15, 0.2) is 78.9 Å². The summed E-state index contributed by atoms with van der Waals surface area (Å²) < 4.78 is 31.4. The third kappa shape index (κ3) is 5.68. The van der Waals surface area contributed by atoms with E-state index in [0.29, 0.717) is 18.4 Å². The van der Waals surface area contributed by atoms with Crippen molar-refractivity contribution in [3.63, 3.8) is 0 Å². The average molecular weight is 637 g/mol. The lowest BCUT2D eigenvalue weighted by Gasteiger charge is -2.61. The molecule has 0 aromatic heterocycles. The van der Waals surface area contributed by atoms with Gasteiger partial charge in [-0.25, -0.2) is 9.59 Å². The van der Waals surface area contributed by atoms with Gasteiger partial charge in [0.2, 0.25) is 0 Å². The Morgan fingerprint density at radius 3 is 2.20 bits per heavy atom. The van der Waals surface area contributed by atoms with Crippen molar-refractivity contribution < 1.29 is 42.9 Å². The molecule has 2 aromatic rings. The number of esters is 4. The second-order valence-electron chi connectivity index (χ2n) is 12.4. The van der Waals surface area contributed by atoms with Crippen LogP contribution in [-0.2, 0) is 38.1 Å². The first kappa shape index (κ1) is 32.4. The van der Waals surface area contributed by atoms with Crippen molar-refractivity contribution in [3.8, 4) is 0 Å². The molecule has 2 aromatic carbocycles. The molecule has 1 aliphatic heterocycles. The van der Waals surface area contributed by atoms with Crippen LogP contribution < -0.4 is 0 Å². The fourth-order valence-corrected chi connectivity index (χ4v) is 7.51. The topological polar surface area (TPSA) is 114 Å². The summed E-state index contributed by atoms with van der Waals surface area (Å²) in [5, 5.41) is 0. The van der Waals surface area contributed by atoms with Gasteiger partial charge in [-0.3, -0.25) is 9.59 Å². The Hall–Kier alpha value is -3.95. The average Bonchev–Trinajstić information content (AvgIpc) is 3.22. The number of hydrogen-bond donors (Lipinski definition) is 0. The number of rotatable bonds is 8. The van der Waals surface area contributed by atoms with Crippen LogP contribution in [0.25, 0.3) is 6.08 Å². The van der Waals surface area contributed by atoms with Crippen molar-refractivity contribution in [1.29, 1.82) is 0 Å². The number of alkyl halides is 1. The Morgan fingerprint density at radius 1 is 0.933 bits per heavy atom. The molecule has 2 bridgehead atoms. The van der Waals surface area contributed by atoms with E-state index in [9.17, 15) is 19.2 Å². The molecule has 1 heterocycles. The van der Waals surface area contributed by atoms with Crippen molar-refractivity contribution in [1.82, 2.24) is 0 Å². The van der Waals surface area contributed by atoms with E-state index in [1.165, 1.54) is 13.0 Å². The molecule has 7 atom stereocenters. The first-order valence-electron chi connectivity index (χ1n) is 14.9. The number of carbonyl (C=O) groups is 4. The number of ether oxygens (including phenoxy) is 5. The summed E-state index contributed by atoms with van der Waals surface area (Å²) in [5.74, 6) is -3.95. The summed E-state index contributed by atoms with van der Waals surface area (Å²) >= 11 is 5.91. The van der Waals surface area contributed by atoms with E-state index in [1.54, 1.807) is 57.2 Å². The molecule has 3 fully saturated rings. The molecule has 238 valence electrons. The maximum absolute atomic E-state index is 13.7. The van der Waals surface area contributed by atoms with E-state index in [-0.39, 0.29) is 5.56 Å². The first-order chi connectivity index (χ1) is 21.3. The summed E-state index contributed by atoms with van der Waals surface area (Å²) in [6, 6.07) is 17.6. The zero-order valence-electron chi connectivity index (χ0n) is 25.7. The Labute approximate surface area is 267 Å². The molecular weight excluding hydrogens is 600 g/mol. The third-order valence-electron chi connectivity index (χ3n) is 9.28. The van der Waals surface area contributed by atoms with Crippen molar-refractivity contribution in [2.24, 2.45) is 11.3 Å². The summed E-state index contributed by atoms with van der Waals surface area (Å²) in [4.78, 5) is 52.6. The van der Waals surface area contributed by atoms with Crippen LogP contribution in [-0.4, -0.2) is 65.4 Å². The van der Waals surface area contributed by atoms with E-state index < -0.39 is 76.7 Å². The molecule has 0 N–H and O–H groups in total. The van der Waals surface area contributed by atoms with Gasteiger partial charge in [0.1, 0.15) is 29.8 Å². The van der Waals surface area contributed by atoms with Crippen molar-refractivity contribution in [3.05, 3.63) is 90.0 Å². The molecule has 5 rings (SSSR count). The standard InChI is InChI=1S/C35H37ClO9/c1-21-16-18-25(41-22(2)37)34(5)31(44-32(40)24-14-10-7-11-15-24)29(42-26(38)19-17-23-12-8-6-9-13-23)28-30(43-27(39)20-36)35(21,34)45-33(28,3)4/h6-15,17,19,25,28-31H,1,16,18,20H2,2-5H3/b19-17+/t25-,28+,29-,30+,31-,34-,35+/m0/s1. The Morgan fingerprint density at radius 2 is 1.58 bits per heavy atom. The van der Waals surface area contributed by atoms with Crippen LogP contribution in [0.1, 0.15) is 56.5 Å². The predicted molar refractivity (Wildman–Crippen MR) is 165 cm³/mol. The smallest absolute Gasteiger partial charge is 0.338 e. The molecule has 0 unspecified atom stereocenters. The first-order valence-corrected chi connectivity index (χ1v) is 15.4. The van der Waals surface area contributed by atoms with Crippen molar-refractivity contribution >= 4 is 41.6 Å². The molecule has 1 saturated heterocycles. The Kier molecular flexibility index (Phi) is 8.97. The highest BCUT2D eigenvalue weighted by Gasteiger charge is 2.82. The largest absolute Gasteiger partial charge is 0.462 e. The highest BCUT2D eigenvalue weighted by molar-refractivity contribution is 6.26. The quantitative estimate of drug-likeness (QED) is 0.123. The maximum Gasteiger partial charge on any atom is 0.338 e. The molecule has 45 heavy (non-hydrogen) atoms. The van der Waals surface area contributed by atoms with Gasteiger partial charge in [0.15, 0.2) is 6.10 Å². The van der Waals surface area contributed by atoms with Gasteiger partial charge < -0.3 is 23.7 Å². The molecule has 1 spiro atoms. The fourth-order valence-electron chi connectivity index (χ4n) is 7.45. The van der Waals surface area contributed by atoms with E-state index in [1.807, 2.05) is 30.3 Å². The number of carbonyl (C=O) groups excluding carboxylic acids is 4. The molecule has 3 aliphatic rings. The maximum atomic E-state index is 13.7. The third-order valence-corrected chi connectivity index (χ3v) is 9.50. The number of benzene rings is 2. The normalized spacial score (nSPS) is 31.5. The molecule has 10 heteroatoms. The molecule has 2 aliphatic carbocycles. The minimum atomic E-state index is -1.49. The van der Waals surface area contributed by atoms with Crippen LogP contribution in [0.5, 0.6) is 0 Å². The number of halogens is 1. The van der Waals surface area contributed by atoms with Gasteiger partial charge in [-0.1, -0.05) is 55.1 Å². The molecule has 2 saturated carbocycles. The Balaban J connectivity index is 1.69. The highest BCUT2D eigenvalue weighted by atomic mass is 35.5. The minimum absolute atomic E-state index is 0.270. The fraction of sp³-hybridized carbons (Fsp3) is 0.429. The second kappa shape index (κ2) is 12.4. The molecule has 9 nitrogen and oxygen atoms in total. The van der Waals surface area contributed by atoms with Crippen LogP contribution in [0.4, 0.5) is 0 Å². The summed E-state index contributed by atoms with van der Waals surface area (Å²) in [6.45, 7) is 11.0. The summed E-state index contributed by atoms with van der Waals surface area (Å²) in [6.07, 6.45) is -0.838. The van der Waals surface area contributed by atoms with Crippen LogP contribution in [0, 0.1) is 11.3 Å². The summed E-state index contributed by atoms with van der Waals surface area (Å²) in [5.41, 5.74) is -2.42. The Bertz CT molecular complexity index is 1500. The van der Waals surface area contributed by atoms with Gasteiger partial charge in [0, 0.05) is 13.0 Å². The van der Waals surface area contributed by atoms with Gasteiger partial charge in [-0.2, -0.15) is 0 Å². The van der Waals surface area contributed by atoms with Crippen LogP contribution in [0.3, 0.4) is 0 Å². The van der Waals surface area contributed by atoms with Gasteiger partial charge in [-0.05, 0) is 63.0 Å². The highest BCUT2D eigenvalue weighted by Crippen LogP contribution is 2.67. The SMILES string of the molecule is C=C1CC[C@H](OC(C)=O)[C@@]2(C)[C@@H](OC(=O)c3ccccc3)[C@@H](OC(=O)/C=C/c3ccccc3)[C@@H]3[C@@H](OC(=O)CCl)[C@]12OC3(C)C. The lowest BCUT2D eigenvalue weighted by atomic mass is 9.49. The zero-order valence-corrected chi connectivity index (χ0v) is 26.5. The van der Waals surface area contributed by atoms with Crippen LogP contribution in [0.2, 0.25) is 0 Å². The predicted octanol–water partition coefficient (Wildman–Crippen LogP) is 5.45. The van der Waals surface area contributed by atoms with Gasteiger partial charge in [0.25, 0.3) is 0 Å². The van der Waals surface area contributed by atoms with Crippen molar-refractivity contribution in [2.45, 2.75) is 76.2 Å². The molecular formula is C35H37ClO9. The zero-order chi connectivity index (χ0) is 32.6. The monoisotopic (exact) mass is 636 g/mol. The summed E-state index contributed by atoms with van der Waals surface area (Å²) in [7, 11) is 0. The van der Waals surface area contributed by atoms with Gasteiger partial charge in [0.05, 0.1) is 22.5 Å². The minimum Gasteiger partial charge on any atom is -0.462 e. The van der Waals surface area contributed by atoms with Gasteiger partial charge >= 0.3 is 23.9 Å². The lowest BCUT2D eigenvalue weighted by Crippen LogP contribution is -2.75. The van der Waals surface area contributed by atoms with Crippen molar-refractivity contribution in [2.75, 3.05) is 5.88 Å². The van der Waals surface area contributed by atoms with E-state index in [4.69, 9.17) is 35.3 Å². The number of fused-ring (bicyclic) bond motifs is 1. The van der Waals surface area contributed by atoms with Crippen LogP contribution >= 0.6 is 11.6 Å². The second-order valence-corrected chi connectivity index (χ2v) is 12.6. The van der Waals surface area contributed by atoms with Gasteiger partial charge in [-0.15, -0.1) is 11.6 Å². The number of hydrogen-bond acceptors (Lipinski definition) is 9. The molecule has 0 amide bonds. The van der Waals surface area contributed by atoms with E-state index >= 15 is 0 Å². The lowest BCUT2D eigenvalue weighted by molar-refractivity contribution is -0.265. The van der Waals surface area contributed by atoms with E-state index in [2.05, 4.69) is 6.58 Å². The molecule has 0 radical (unpaired) electrons. The van der Waals surface area contributed by atoms with E-state index in [0.717, 1.165) is 5.56 Å².